The van der Waals surface area contributed by atoms with Gasteiger partial charge in [-0.05, 0) is 38.3 Å². The molecule has 4 rings (SSSR count). The Hall–Kier alpha value is -3.39. The lowest BCUT2D eigenvalue weighted by Gasteiger charge is -2.49. The molecule has 5 heteroatoms. The third-order valence-corrected chi connectivity index (χ3v) is 6.18. The highest BCUT2D eigenvalue weighted by atomic mass is 16.5. The Labute approximate surface area is 176 Å². The van der Waals surface area contributed by atoms with Crippen LogP contribution >= 0.6 is 0 Å². The Morgan fingerprint density at radius 2 is 1.83 bits per heavy atom. The Balaban J connectivity index is 2.04. The summed E-state index contributed by atoms with van der Waals surface area (Å²) in [4.78, 5) is 27.8. The number of amides is 1. The fraction of sp³-hybridized carbons (Fsp3) is 0.320. The van der Waals surface area contributed by atoms with Gasteiger partial charge in [-0.25, -0.2) is 4.79 Å². The number of nitrogens with zero attached hydrogens (tertiary/aromatic N) is 2. The third-order valence-electron chi connectivity index (χ3n) is 6.18. The second-order valence-corrected chi connectivity index (χ2v) is 8.61. The van der Waals surface area contributed by atoms with Crippen molar-refractivity contribution in [1.82, 2.24) is 0 Å². The van der Waals surface area contributed by atoms with Crippen LogP contribution in [0, 0.1) is 11.3 Å². The number of carbonyl (C=O) groups excluding carboxylic acids is 2. The number of ether oxygens (including phenoxy) is 1. The van der Waals surface area contributed by atoms with E-state index in [1.54, 1.807) is 11.8 Å². The third kappa shape index (κ3) is 2.68. The highest BCUT2D eigenvalue weighted by Crippen LogP contribution is 2.56. The van der Waals surface area contributed by atoms with E-state index >= 15 is 0 Å². The summed E-state index contributed by atoms with van der Waals surface area (Å²) in [5, 5.41) is 9.70. The summed E-state index contributed by atoms with van der Waals surface area (Å²) in [5.74, 6) is -1.08. The van der Waals surface area contributed by atoms with Crippen molar-refractivity contribution in [3.05, 3.63) is 70.8 Å². The zero-order chi connectivity index (χ0) is 21.7. The summed E-state index contributed by atoms with van der Waals surface area (Å²) in [6.07, 6.45) is 0.709. The number of anilines is 1. The molecule has 2 aliphatic heterocycles. The first-order valence-corrected chi connectivity index (χ1v) is 10.1. The fourth-order valence-corrected chi connectivity index (χ4v) is 5.09. The van der Waals surface area contributed by atoms with Crippen LogP contribution in [-0.4, -0.2) is 24.0 Å². The van der Waals surface area contributed by atoms with Crippen molar-refractivity contribution in [2.75, 3.05) is 11.5 Å². The van der Waals surface area contributed by atoms with Crippen LogP contribution in [0.5, 0.6) is 0 Å². The van der Waals surface area contributed by atoms with Gasteiger partial charge in [-0.1, -0.05) is 55.5 Å². The van der Waals surface area contributed by atoms with Crippen molar-refractivity contribution in [3.8, 4) is 6.07 Å². The van der Waals surface area contributed by atoms with Crippen molar-refractivity contribution in [2.45, 2.75) is 45.1 Å². The van der Waals surface area contributed by atoms with E-state index in [4.69, 9.17) is 4.74 Å². The molecule has 2 aliphatic rings. The second-order valence-electron chi connectivity index (χ2n) is 8.61. The van der Waals surface area contributed by atoms with Crippen LogP contribution < -0.4 is 4.90 Å². The highest BCUT2D eigenvalue weighted by Gasteiger charge is 2.53. The van der Waals surface area contributed by atoms with Gasteiger partial charge in [0.1, 0.15) is 6.07 Å². The smallest absolute Gasteiger partial charge is 0.349 e. The number of rotatable bonds is 3. The van der Waals surface area contributed by atoms with E-state index in [2.05, 4.69) is 19.1 Å². The molecule has 0 bridgehead atoms. The summed E-state index contributed by atoms with van der Waals surface area (Å²) < 4.78 is 5.06. The van der Waals surface area contributed by atoms with Crippen LogP contribution in [0.1, 0.15) is 50.8 Å². The molecule has 0 aromatic heterocycles. The van der Waals surface area contributed by atoms with Crippen molar-refractivity contribution in [2.24, 2.45) is 0 Å². The van der Waals surface area contributed by atoms with Gasteiger partial charge in [0.15, 0.2) is 5.57 Å². The molecule has 2 aromatic carbocycles. The van der Waals surface area contributed by atoms with Gasteiger partial charge in [0.2, 0.25) is 0 Å². The zero-order valence-corrected chi connectivity index (χ0v) is 17.7. The van der Waals surface area contributed by atoms with Gasteiger partial charge in [-0.2, -0.15) is 5.26 Å². The minimum atomic E-state index is -0.760. The number of benzene rings is 2. The van der Waals surface area contributed by atoms with Gasteiger partial charge in [-0.3, -0.25) is 4.79 Å². The molecule has 1 amide bonds. The molecule has 2 heterocycles. The SMILES string of the molecule is CCOC(=O)/C(C#N)=C1\C(=O)N2c3c1cccc3[C@@](C)(c1ccccc1)CC2(C)C. The zero-order valence-electron chi connectivity index (χ0n) is 17.7. The number of esters is 1. The van der Waals surface area contributed by atoms with E-state index < -0.39 is 11.5 Å². The molecular weight excluding hydrogens is 376 g/mol. The van der Waals surface area contributed by atoms with Crippen LogP contribution in [0.3, 0.4) is 0 Å². The quantitative estimate of drug-likeness (QED) is 0.436. The lowest BCUT2D eigenvalue weighted by Crippen LogP contribution is -2.54. The largest absolute Gasteiger partial charge is 0.462 e. The molecule has 0 fully saturated rings. The highest BCUT2D eigenvalue weighted by molar-refractivity contribution is 6.37. The maximum Gasteiger partial charge on any atom is 0.349 e. The Morgan fingerprint density at radius 3 is 2.47 bits per heavy atom. The van der Waals surface area contributed by atoms with E-state index in [1.165, 1.54) is 5.56 Å². The predicted octanol–water partition coefficient (Wildman–Crippen LogP) is 4.36. The van der Waals surface area contributed by atoms with Crippen LogP contribution in [0.4, 0.5) is 5.69 Å². The summed E-state index contributed by atoms with van der Waals surface area (Å²) in [6.45, 7) is 8.07. The topological polar surface area (TPSA) is 70.4 Å². The fourth-order valence-electron chi connectivity index (χ4n) is 5.09. The molecule has 0 saturated heterocycles. The van der Waals surface area contributed by atoms with Crippen molar-refractivity contribution in [1.29, 1.82) is 5.26 Å². The van der Waals surface area contributed by atoms with Gasteiger partial charge in [0, 0.05) is 16.5 Å². The molecule has 0 saturated carbocycles. The molecule has 0 spiro atoms. The normalized spacial score (nSPS) is 22.9. The van der Waals surface area contributed by atoms with Gasteiger partial charge < -0.3 is 9.64 Å². The van der Waals surface area contributed by atoms with Gasteiger partial charge in [-0.15, -0.1) is 0 Å². The molecule has 0 radical (unpaired) electrons. The van der Waals surface area contributed by atoms with Crippen LogP contribution in [-0.2, 0) is 19.7 Å². The molecule has 0 N–H and O–H groups in total. The van der Waals surface area contributed by atoms with E-state index in [0.29, 0.717) is 12.0 Å². The lowest BCUT2D eigenvalue weighted by atomic mass is 9.65. The molecule has 2 aromatic rings. The maximum absolute atomic E-state index is 13.6. The predicted molar refractivity (Wildman–Crippen MR) is 115 cm³/mol. The molecule has 0 unspecified atom stereocenters. The van der Waals surface area contributed by atoms with Crippen LogP contribution in [0.15, 0.2) is 54.1 Å². The average Bonchev–Trinajstić information content (AvgIpc) is 3.01. The first-order valence-electron chi connectivity index (χ1n) is 10.1. The molecule has 1 atom stereocenters. The molecule has 30 heavy (non-hydrogen) atoms. The van der Waals surface area contributed by atoms with Crippen LogP contribution in [0.25, 0.3) is 5.57 Å². The minimum Gasteiger partial charge on any atom is -0.462 e. The monoisotopic (exact) mass is 400 g/mol. The summed E-state index contributed by atoms with van der Waals surface area (Å²) >= 11 is 0. The number of hydrogen-bond donors (Lipinski definition) is 0. The molecule has 152 valence electrons. The Morgan fingerprint density at radius 1 is 1.13 bits per heavy atom. The average molecular weight is 400 g/mol. The molecular formula is C25H24N2O3. The van der Waals surface area contributed by atoms with Gasteiger partial charge in [0.25, 0.3) is 5.91 Å². The number of nitriles is 1. The van der Waals surface area contributed by atoms with Crippen LogP contribution in [0.2, 0.25) is 0 Å². The van der Waals surface area contributed by atoms with Gasteiger partial charge >= 0.3 is 5.97 Å². The van der Waals surface area contributed by atoms with E-state index in [1.807, 2.05) is 56.3 Å². The summed E-state index contributed by atoms with van der Waals surface area (Å²) in [7, 11) is 0. The van der Waals surface area contributed by atoms with E-state index in [9.17, 15) is 14.9 Å². The maximum atomic E-state index is 13.6. The van der Waals surface area contributed by atoms with E-state index in [0.717, 1.165) is 11.3 Å². The number of hydrogen-bond acceptors (Lipinski definition) is 4. The molecule has 0 aliphatic carbocycles. The van der Waals surface area contributed by atoms with E-state index in [-0.39, 0.29) is 29.1 Å². The second kappa shape index (κ2) is 6.84. The first kappa shape index (κ1) is 19.9. The summed E-state index contributed by atoms with van der Waals surface area (Å²) in [6, 6.07) is 17.9. The van der Waals surface area contributed by atoms with Crippen molar-refractivity contribution >= 4 is 23.1 Å². The minimum absolute atomic E-state index is 0.137. The van der Waals surface area contributed by atoms with Crippen molar-refractivity contribution < 1.29 is 14.3 Å². The Bertz CT molecular complexity index is 1120. The lowest BCUT2D eigenvalue weighted by molar-refractivity contribution is -0.138. The molecule has 5 nitrogen and oxygen atoms in total. The summed E-state index contributed by atoms with van der Waals surface area (Å²) in [5.41, 5.74) is 2.67. The number of para-hydroxylation sites is 1. The Kier molecular flexibility index (Phi) is 4.54. The van der Waals surface area contributed by atoms with Gasteiger partial charge in [0.05, 0.1) is 17.9 Å². The number of carbonyl (C=O) groups is 2. The first-order chi connectivity index (χ1) is 14.3. The van der Waals surface area contributed by atoms with Crippen molar-refractivity contribution in [3.63, 3.8) is 0 Å². The standard InChI is InChI=1S/C25H24N2O3/c1-5-30-23(29)18(14-26)20-17-12-9-13-19-21(17)27(22(20)28)24(2,3)15-25(19,4)16-10-7-6-8-11-16/h6-13H,5,15H2,1-4H3/b20-18-/t25-/m1/s1.